The van der Waals surface area contributed by atoms with E-state index in [-0.39, 0.29) is 17.3 Å². The molecule has 8 heteroatoms. The van der Waals surface area contributed by atoms with Crippen LogP contribution < -0.4 is 10.6 Å². The van der Waals surface area contributed by atoms with Crippen LogP contribution in [-0.4, -0.2) is 22.2 Å². The Kier molecular flexibility index (Phi) is 4.87. The van der Waals surface area contributed by atoms with E-state index in [1.165, 1.54) is 16.8 Å². The first-order valence-electron chi connectivity index (χ1n) is 9.19. The number of hydrogen-bond donors (Lipinski definition) is 2. The Bertz CT molecular complexity index is 1070. The minimum absolute atomic E-state index is 0.175. The Hall–Kier alpha value is -3.13. The van der Waals surface area contributed by atoms with Crippen LogP contribution in [0.2, 0.25) is 0 Å². The second-order valence-corrected chi connectivity index (χ2v) is 6.98. The molecule has 0 aliphatic carbocycles. The topological polar surface area (TPSA) is 59.0 Å². The summed E-state index contributed by atoms with van der Waals surface area (Å²) in [6, 6.07) is 10.6. The molecule has 0 spiro atoms. The maximum Gasteiger partial charge on any atom is 0.416 e. The van der Waals surface area contributed by atoms with Gasteiger partial charge < -0.3 is 10.6 Å². The number of halogens is 3. The molecule has 0 bridgehead atoms. The van der Waals surface area contributed by atoms with Crippen LogP contribution in [-0.2, 0) is 19.1 Å². The fourth-order valence-electron chi connectivity index (χ4n) is 3.47. The number of alkyl halides is 3. The first-order valence-corrected chi connectivity index (χ1v) is 9.19. The van der Waals surface area contributed by atoms with Gasteiger partial charge in [0, 0.05) is 24.0 Å². The number of rotatable bonds is 3. The molecule has 0 fully saturated rings. The molecule has 5 nitrogen and oxygen atoms in total. The molecule has 0 radical (unpaired) electrons. The Morgan fingerprint density at radius 2 is 2.00 bits per heavy atom. The molecule has 3 aromatic rings. The predicted octanol–water partition coefficient (Wildman–Crippen LogP) is 4.10. The molecule has 2 N–H and O–H groups in total. The Morgan fingerprint density at radius 1 is 1.21 bits per heavy atom. The van der Waals surface area contributed by atoms with Gasteiger partial charge in [0.2, 0.25) is 0 Å². The van der Waals surface area contributed by atoms with Crippen LogP contribution in [0.3, 0.4) is 0 Å². The van der Waals surface area contributed by atoms with Gasteiger partial charge in [-0.1, -0.05) is 18.2 Å². The second-order valence-electron chi connectivity index (χ2n) is 6.98. The van der Waals surface area contributed by atoms with E-state index in [0.29, 0.717) is 5.56 Å². The van der Waals surface area contributed by atoms with Crippen LogP contribution >= 0.6 is 0 Å². The predicted molar refractivity (Wildman–Crippen MR) is 103 cm³/mol. The third kappa shape index (κ3) is 3.88. The number of benzene rings is 2. The number of amides is 1. The molecule has 2 heterocycles. The highest BCUT2D eigenvalue weighted by molar-refractivity contribution is 6.04. The van der Waals surface area contributed by atoms with E-state index in [1.54, 1.807) is 13.1 Å². The van der Waals surface area contributed by atoms with Gasteiger partial charge in [-0.3, -0.25) is 4.79 Å². The third-order valence-corrected chi connectivity index (χ3v) is 4.94. The van der Waals surface area contributed by atoms with E-state index < -0.39 is 11.7 Å². The van der Waals surface area contributed by atoms with Crippen LogP contribution in [0.15, 0.2) is 48.7 Å². The minimum Gasteiger partial charge on any atom is -0.320 e. The van der Waals surface area contributed by atoms with Gasteiger partial charge in [0.05, 0.1) is 11.3 Å². The van der Waals surface area contributed by atoms with Crippen LogP contribution in [0, 0.1) is 6.92 Å². The third-order valence-electron chi connectivity index (χ3n) is 4.94. The largest absolute Gasteiger partial charge is 0.416 e. The number of aromatic nitrogens is 2. The highest BCUT2D eigenvalue weighted by Gasteiger charge is 2.30. The van der Waals surface area contributed by atoms with Gasteiger partial charge in [0.25, 0.3) is 5.91 Å². The molecule has 0 atom stereocenters. The second kappa shape index (κ2) is 7.36. The number of aryl methyl sites for hydroxylation is 1. The first-order chi connectivity index (χ1) is 13.8. The van der Waals surface area contributed by atoms with Crippen LogP contribution in [0.1, 0.15) is 32.7 Å². The van der Waals surface area contributed by atoms with Gasteiger partial charge in [-0.05, 0) is 55.3 Å². The standard InChI is InChI=1S/C21H19F3N4O/c1-13-12-28(16-6-3-5-15(10-16)21(22,23)24)27-19(13)20(29)26-18-7-2-4-14-11-25-9-8-17(14)18/h2-7,10,12,25H,8-9,11H2,1H3,(H,26,29). The molecule has 4 rings (SSSR count). The van der Waals surface area contributed by atoms with Gasteiger partial charge in [-0.2, -0.15) is 18.3 Å². The van der Waals surface area contributed by atoms with Crippen molar-refractivity contribution in [1.82, 2.24) is 15.1 Å². The normalized spacial score (nSPS) is 13.8. The van der Waals surface area contributed by atoms with Crippen molar-refractivity contribution in [3.8, 4) is 5.69 Å². The van der Waals surface area contributed by atoms with E-state index in [4.69, 9.17) is 0 Å². The molecule has 2 aromatic carbocycles. The first kappa shape index (κ1) is 19.2. The summed E-state index contributed by atoms with van der Waals surface area (Å²) < 4.78 is 40.2. The summed E-state index contributed by atoms with van der Waals surface area (Å²) in [5, 5.41) is 10.4. The van der Waals surface area contributed by atoms with Gasteiger partial charge in [-0.25, -0.2) is 4.68 Å². The highest BCUT2D eigenvalue weighted by Crippen LogP contribution is 2.30. The monoisotopic (exact) mass is 400 g/mol. The maximum atomic E-state index is 13.0. The quantitative estimate of drug-likeness (QED) is 0.696. The van der Waals surface area contributed by atoms with Gasteiger partial charge in [0.15, 0.2) is 5.69 Å². The zero-order valence-electron chi connectivity index (χ0n) is 15.7. The molecule has 0 unspecified atom stereocenters. The summed E-state index contributed by atoms with van der Waals surface area (Å²) in [6.07, 6.45) is -2.09. The van der Waals surface area contributed by atoms with E-state index >= 15 is 0 Å². The van der Waals surface area contributed by atoms with Crippen molar-refractivity contribution in [2.45, 2.75) is 26.1 Å². The van der Waals surface area contributed by atoms with Crippen LogP contribution in [0.5, 0.6) is 0 Å². The number of fused-ring (bicyclic) bond motifs is 1. The smallest absolute Gasteiger partial charge is 0.320 e. The van der Waals surface area contributed by atoms with Crippen LogP contribution in [0.4, 0.5) is 18.9 Å². The van der Waals surface area contributed by atoms with E-state index in [1.807, 2.05) is 18.2 Å². The summed E-state index contributed by atoms with van der Waals surface area (Å²) in [6.45, 7) is 3.29. The molecule has 29 heavy (non-hydrogen) atoms. The molecular formula is C21H19F3N4O. The molecule has 0 saturated carbocycles. The molecular weight excluding hydrogens is 381 g/mol. The summed E-state index contributed by atoms with van der Waals surface area (Å²) in [5.41, 5.74) is 3.20. The zero-order chi connectivity index (χ0) is 20.6. The number of hydrogen-bond acceptors (Lipinski definition) is 3. The lowest BCUT2D eigenvalue weighted by atomic mass is 9.99. The number of carbonyl (C=O) groups is 1. The van der Waals surface area contributed by atoms with E-state index in [2.05, 4.69) is 15.7 Å². The molecule has 150 valence electrons. The molecule has 0 saturated heterocycles. The van der Waals surface area contributed by atoms with Crippen molar-refractivity contribution in [2.24, 2.45) is 0 Å². The molecule has 1 aliphatic rings. The molecule has 1 aliphatic heterocycles. The van der Waals surface area contributed by atoms with Crippen molar-refractivity contribution < 1.29 is 18.0 Å². The number of anilines is 1. The number of carbonyl (C=O) groups excluding carboxylic acids is 1. The summed E-state index contributed by atoms with van der Waals surface area (Å²) in [7, 11) is 0. The van der Waals surface area contributed by atoms with Crippen molar-refractivity contribution in [3.63, 3.8) is 0 Å². The lowest BCUT2D eigenvalue weighted by Crippen LogP contribution is -2.25. The Morgan fingerprint density at radius 3 is 2.79 bits per heavy atom. The van der Waals surface area contributed by atoms with Gasteiger partial charge in [-0.15, -0.1) is 0 Å². The highest BCUT2D eigenvalue weighted by atomic mass is 19.4. The average Bonchev–Trinajstić information content (AvgIpc) is 3.10. The van der Waals surface area contributed by atoms with Crippen molar-refractivity contribution in [3.05, 3.63) is 76.6 Å². The lowest BCUT2D eigenvalue weighted by molar-refractivity contribution is -0.137. The average molecular weight is 400 g/mol. The zero-order valence-corrected chi connectivity index (χ0v) is 15.7. The fourth-order valence-corrected chi connectivity index (χ4v) is 3.47. The van der Waals surface area contributed by atoms with Gasteiger partial charge in [0.1, 0.15) is 0 Å². The van der Waals surface area contributed by atoms with Crippen molar-refractivity contribution in [1.29, 1.82) is 0 Å². The van der Waals surface area contributed by atoms with E-state index in [9.17, 15) is 18.0 Å². The lowest BCUT2D eigenvalue weighted by Gasteiger charge is -2.20. The SMILES string of the molecule is Cc1cn(-c2cccc(C(F)(F)F)c2)nc1C(=O)Nc1cccc2c1CCNC2. The van der Waals surface area contributed by atoms with Gasteiger partial charge >= 0.3 is 6.18 Å². The number of nitrogens with zero attached hydrogens (tertiary/aromatic N) is 2. The molecule has 1 aromatic heterocycles. The van der Waals surface area contributed by atoms with Crippen LogP contribution in [0.25, 0.3) is 5.69 Å². The number of nitrogens with one attached hydrogen (secondary N) is 2. The summed E-state index contributed by atoms with van der Waals surface area (Å²) in [4.78, 5) is 12.8. The fraction of sp³-hybridized carbons (Fsp3) is 0.238. The van der Waals surface area contributed by atoms with Crippen molar-refractivity contribution >= 4 is 11.6 Å². The minimum atomic E-state index is -4.44. The maximum absolute atomic E-state index is 13.0. The van der Waals surface area contributed by atoms with Crippen molar-refractivity contribution in [2.75, 3.05) is 11.9 Å². The summed E-state index contributed by atoms with van der Waals surface area (Å²) in [5.74, 6) is -0.389. The Labute approximate surface area is 165 Å². The molecule has 1 amide bonds. The van der Waals surface area contributed by atoms with E-state index in [0.717, 1.165) is 48.5 Å². The summed E-state index contributed by atoms with van der Waals surface area (Å²) >= 11 is 0. The Balaban J connectivity index is 1.61.